The van der Waals surface area contributed by atoms with Gasteiger partial charge in [0.1, 0.15) is 11.0 Å². The quantitative estimate of drug-likeness (QED) is 0.360. The molecule has 2 N–H and O–H groups in total. The largest absolute Gasteiger partial charge is 0.381 e. The fraction of sp³-hybridized carbons (Fsp3) is 0.524. The van der Waals surface area contributed by atoms with Crippen LogP contribution >= 0.6 is 15.9 Å². The summed E-state index contributed by atoms with van der Waals surface area (Å²) in [5.41, 5.74) is 0.517. The first-order valence-electron chi connectivity index (χ1n) is 10.5. The summed E-state index contributed by atoms with van der Waals surface area (Å²) in [5, 5.41) is 3.19. The predicted octanol–water partition coefficient (Wildman–Crippen LogP) is 2.31. The van der Waals surface area contributed by atoms with Gasteiger partial charge in [0.25, 0.3) is 5.91 Å². The van der Waals surface area contributed by atoms with Crippen molar-refractivity contribution in [2.24, 2.45) is 5.92 Å². The molecule has 1 amide bonds. The number of amides is 1. The lowest BCUT2D eigenvalue weighted by Gasteiger charge is -2.31. The molecule has 2 aromatic rings. The summed E-state index contributed by atoms with van der Waals surface area (Å²) in [6.45, 7) is 5.79. The van der Waals surface area contributed by atoms with Crippen molar-refractivity contribution in [2.75, 3.05) is 39.5 Å². The van der Waals surface area contributed by atoms with Crippen LogP contribution in [0.15, 0.2) is 27.6 Å². The molecule has 1 aliphatic heterocycles. The number of hydrogen-bond donors (Lipinski definition) is 2. The number of sulfonamides is 1. The first-order chi connectivity index (χ1) is 15.2. The number of nitrogens with zero attached hydrogens (tertiary/aromatic N) is 1. The zero-order valence-corrected chi connectivity index (χ0v) is 20.5. The maximum Gasteiger partial charge on any atom is 0.250 e. The van der Waals surface area contributed by atoms with Crippen LogP contribution in [0.5, 0.6) is 0 Å². The number of fused-ring (bicyclic) bond motifs is 1. The van der Waals surface area contributed by atoms with Crippen molar-refractivity contribution in [3.63, 3.8) is 0 Å². The van der Waals surface area contributed by atoms with Crippen LogP contribution in [0.1, 0.15) is 30.8 Å². The van der Waals surface area contributed by atoms with Gasteiger partial charge in [0.15, 0.2) is 6.29 Å². The van der Waals surface area contributed by atoms with Gasteiger partial charge in [-0.1, -0.05) is 29.8 Å². The van der Waals surface area contributed by atoms with Gasteiger partial charge in [0, 0.05) is 48.2 Å². The summed E-state index contributed by atoms with van der Waals surface area (Å²) in [6.07, 6.45) is 0.221. The van der Waals surface area contributed by atoms with Crippen molar-refractivity contribution in [1.82, 2.24) is 14.6 Å². The predicted molar refractivity (Wildman–Crippen MR) is 123 cm³/mol. The number of carbonyl (C=O) groups is 2. The highest BCUT2D eigenvalue weighted by Crippen LogP contribution is 2.31. The summed E-state index contributed by atoms with van der Waals surface area (Å²) in [7, 11) is -4.04. The van der Waals surface area contributed by atoms with Crippen LogP contribution in [0.4, 0.5) is 0 Å². The van der Waals surface area contributed by atoms with Gasteiger partial charge in [0.2, 0.25) is 10.0 Å². The van der Waals surface area contributed by atoms with E-state index in [0.717, 1.165) is 0 Å². The van der Waals surface area contributed by atoms with Crippen LogP contribution in [-0.4, -0.2) is 75.5 Å². The molecule has 1 aliphatic rings. The number of rotatable bonds is 10. The molecular weight excluding hydrogens is 502 g/mol. The van der Waals surface area contributed by atoms with E-state index in [1.807, 2.05) is 0 Å². The molecule has 9 nitrogen and oxygen atoms in total. The van der Waals surface area contributed by atoms with Crippen LogP contribution < -0.4 is 5.32 Å². The number of halogens is 1. The molecule has 3 rings (SSSR count). The third kappa shape index (κ3) is 5.76. The molecule has 0 spiro atoms. The number of H-pyrrole nitrogens is 1. The van der Waals surface area contributed by atoms with Crippen LogP contribution in [0.3, 0.4) is 0 Å². The summed E-state index contributed by atoms with van der Waals surface area (Å²) >= 11 is 3.34. The Labute approximate surface area is 196 Å². The first-order valence-corrected chi connectivity index (χ1v) is 12.7. The molecule has 1 unspecified atom stereocenters. The fourth-order valence-corrected chi connectivity index (χ4v) is 5.56. The van der Waals surface area contributed by atoms with Gasteiger partial charge in [-0.3, -0.25) is 9.59 Å². The molecule has 1 fully saturated rings. The van der Waals surface area contributed by atoms with Crippen molar-refractivity contribution in [1.29, 1.82) is 0 Å². The number of aldehydes is 1. The minimum Gasteiger partial charge on any atom is -0.381 e. The standard InChI is InChI=1S/C21H28BrN3O6S/c1-14(2)13-30-8-3-6-23-21(27)19-11-25(7-9-31-19)32(28,29)20-16-10-15(22)4-5-17(16)24-18(20)12-26/h4-5,10,12,14,19,24H,3,6-9,11,13H2,1-2H3,(H,23,27). The molecule has 0 radical (unpaired) electrons. The molecule has 0 aliphatic carbocycles. The first kappa shape index (κ1) is 24.8. The lowest BCUT2D eigenvalue weighted by molar-refractivity contribution is -0.136. The lowest BCUT2D eigenvalue weighted by Crippen LogP contribution is -2.51. The van der Waals surface area contributed by atoms with Crippen LogP contribution in [0.2, 0.25) is 0 Å². The fourth-order valence-electron chi connectivity index (χ4n) is 3.47. The average molecular weight is 530 g/mol. The summed E-state index contributed by atoms with van der Waals surface area (Å²) in [4.78, 5) is 26.9. The Bertz CT molecular complexity index is 1070. The molecule has 2 heterocycles. The van der Waals surface area contributed by atoms with Crippen LogP contribution in [0, 0.1) is 5.92 Å². The molecule has 1 saturated heterocycles. The third-order valence-electron chi connectivity index (χ3n) is 4.99. The van der Waals surface area contributed by atoms with E-state index < -0.39 is 16.1 Å². The molecule has 0 saturated carbocycles. The highest BCUT2D eigenvalue weighted by Gasteiger charge is 2.36. The monoisotopic (exact) mass is 529 g/mol. The second kappa shape index (κ2) is 10.9. The smallest absolute Gasteiger partial charge is 0.250 e. The number of benzene rings is 1. The van der Waals surface area contributed by atoms with Gasteiger partial charge >= 0.3 is 0 Å². The van der Waals surface area contributed by atoms with E-state index in [9.17, 15) is 18.0 Å². The van der Waals surface area contributed by atoms with E-state index in [0.29, 0.717) is 53.8 Å². The maximum atomic E-state index is 13.4. The van der Waals surface area contributed by atoms with Crippen molar-refractivity contribution in [3.8, 4) is 0 Å². The maximum absolute atomic E-state index is 13.4. The van der Waals surface area contributed by atoms with E-state index in [-0.39, 0.29) is 36.2 Å². The summed E-state index contributed by atoms with van der Waals surface area (Å²) in [5.74, 6) is 0.0807. The molecule has 0 bridgehead atoms. The molecule has 32 heavy (non-hydrogen) atoms. The third-order valence-corrected chi connectivity index (χ3v) is 7.45. The minimum absolute atomic E-state index is 0.0213. The van der Waals surface area contributed by atoms with Crippen LogP contribution in [-0.2, 0) is 24.3 Å². The number of nitrogens with one attached hydrogen (secondary N) is 2. The van der Waals surface area contributed by atoms with E-state index in [1.165, 1.54) is 4.31 Å². The number of morpholine rings is 1. The Balaban J connectivity index is 1.68. The van der Waals surface area contributed by atoms with E-state index >= 15 is 0 Å². The number of ether oxygens (including phenoxy) is 2. The lowest BCUT2D eigenvalue weighted by atomic mass is 10.2. The van der Waals surface area contributed by atoms with E-state index in [2.05, 4.69) is 40.1 Å². The van der Waals surface area contributed by atoms with Gasteiger partial charge in [-0.15, -0.1) is 0 Å². The molecule has 176 valence electrons. The summed E-state index contributed by atoms with van der Waals surface area (Å²) < 4.78 is 39.8. The Morgan fingerprint density at radius 3 is 2.94 bits per heavy atom. The van der Waals surface area contributed by atoms with Gasteiger partial charge in [-0.05, 0) is 30.5 Å². The van der Waals surface area contributed by atoms with Crippen molar-refractivity contribution in [2.45, 2.75) is 31.3 Å². The molecular formula is C21H28BrN3O6S. The Morgan fingerprint density at radius 2 is 2.22 bits per heavy atom. The highest BCUT2D eigenvalue weighted by atomic mass is 79.9. The highest BCUT2D eigenvalue weighted by molar-refractivity contribution is 9.10. The summed E-state index contributed by atoms with van der Waals surface area (Å²) in [6, 6.07) is 5.11. The van der Waals surface area contributed by atoms with Crippen molar-refractivity contribution >= 4 is 49.0 Å². The van der Waals surface area contributed by atoms with Gasteiger partial charge < -0.3 is 19.8 Å². The molecule has 11 heteroatoms. The van der Waals surface area contributed by atoms with Gasteiger partial charge in [0.05, 0.1) is 12.3 Å². The van der Waals surface area contributed by atoms with E-state index in [4.69, 9.17) is 9.47 Å². The topological polar surface area (TPSA) is 118 Å². The number of carbonyl (C=O) groups excluding carboxylic acids is 2. The normalized spacial score (nSPS) is 17.7. The zero-order chi connectivity index (χ0) is 23.3. The van der Waals surface area contributed by atoms with E-state index in [1.54, 1.807) is 18.2 Å². The SMILES string of the molecule is CC(C)COCCCNC(=O)C1CN(S(=O)(=O)c2c(C=O)[nH]c3ccc(Br)cc23)CCO1. The number of aromatic amines is 1. The molecule has 1 atom stereocenters. The number of hydrogen-bond acceptors (Lipinski definition) is 6. The van der Waals surface area contributed by atoms with Crippen LogP contribution in [0.25, 0.3) is 10.9 Å². The Hall–Kier alpha value is -1.79. The second-order valence-electron chi connectivity index (χ2n) is 8.01. The van der Waals surface area contributed by atoms with Crippen molar-refractivity contribution in [3.05, 3.63) is 28.4 Å². The molecule has 1 aromatic heterocycles. The van der Waals surface area contributed by atoms with Gasteiger partial charge in [-0.2, -0.15) is 4.31 Å². The molecule has 1 aromatic carbocycles. The minimum atomic E-state index is -4.04. The Morgan fingerprint density at radius 1 is 1.44 bits per heavy atom. The Kier molecular flexibility index (Phi) is 8.45. The second-order valence-corrected chi connectivity index (χ2v) is 10.8. The van der Waals surface area contributed by atoms with Crippen molar-refractivity contribution < 1.29 is 27.5 Å². The zero-order valence-electron chi connectivity index (χ0n) is 18.1. The average Bonchev–Trinajstić information content (AvgIpc) is 3.14. The number of aromatic nitrogens is 1. The van der Waals surface area contributed by atoms with Gasteiger partial charge in [-0.25, -0.2) is 8.42 Å².